The number of aromatic nitrogens is 2. The number of rotatable bonds is 8. The van der Waals surface area contributed by atoms with E-state index >= 15 is 13.6 Å². The first-order chi connectivity index (χ1) is 23.8. The largest absolute Gasteiger partial charge is 0.507 e. The zero-order chi connectivity index (χ0) is 36.2. The molecule has 6 rings (SSSR count). The highest BCUT2D eigenvalue weighted by molar-refractivity contribution is 6.33. The number of anilines is 2. The van der Waals surface area contributed by atoms with Crippen molar-refractivity contribution in [2.75, 3.05) is 56.6 Å². The topological polar surface area (TPSA) is 85.1 Å². The summed E-state index contributed by atoms with van der Waals surface area (Å²) in [5.41, 5.74) is 1.10. The van der Waals surface area contributed by atoms with Gasteiger partial charge in [0.25, 0.3) is 5.56 Å². The predicted octanol–water partition coefficient (Wildman–Crippen LogP) is 6.49. The molecule has 12 heteroatoms. The van der Waals surface area contributed by atoms with E-state index in [2.05, 4.69) is 16.5 Å². The first-order valence-corrected chi connectivity index (χ1v) is 17.3. The van der Waals surface area contributed by atoms with Crippen molar-refractivity contribution in [3.05, 3.63) is 87.5 Å². The van der Waals surface area contributed by atoms with E-state index in [-0.39, 0.29) is 45.4 Å². The first kappa shape index (κ1) is 35.3. The number of phenols is 1. The average Bonchev–Trinajstić information content (AvgIpc) is 3.05. The second kappa shape index (κ2) is 13.7. The summed E-state index contributed by atoms with van der Waals surface area (Å²) < 4.78 is 35.5. The third-order valence-corrected chi connectivity index (χ3v) is 10.1. The van der Waals surface area contributed by atoms with Gasteiger partial charge < -0.3 is 24.7 Å². The van der Waals surface area contributed by atoms with Crippen LogP contribution in [0.3, 0.4) is 0 Å². The van der Waals surface area contributed by atoms with Gasteiger partial charge in [-0.05, 0) is 82.7 Å². The maximum atomic E-state index is 17.5. The Morgan fingerprint density at radius 1 is 1.14 bits per heavy atom. The van der Waals surface area contributed by atoms with Crippen LogP contribution in [0.15, 0.2) is 54.0 Å². The molecule has 0 radical (unpaired) electrons. The number of halogens is 3. The minimum atomic E-state index is -1.03. The Kier molecular flexibility index (Phi) is 9.67. The van der Waals surface area contributed by atoms with Gasteiger partial charge in [-0.3, -0.25) is 19.1 Å². The number of fused-ring (bicyclic) bond motifs is 5. The van der Waals surface area contributed by atoms with Crippen molar-refractivity contribution in [3.8, 4) is 22.6 Å². The molecule has 2 aliphatic heterocycles. The molecule has 264 valence electrons. The van der Waals surface area contributed by atoms with E-state index in [0.717, 1.165) is 13.0 Å². The number of hydrogen-bond donors (Lipinski definition) is 1. The van der Waals surface area contributed by atoms with Gasteiger partial charge in [0, 0.05) is 49.4 Å². The van der Waals surface area contributed by atoms with Crippen LogP contribution in [0.2, 0.25) is 5.02 Å². The summed E-state index contributed by atoms with van der Waals surface area (Å²) in [6.45, 7) is 13.7. The molecule has 9 nitrogen and oxygen atoms in total. The first-order valence-electron chi connectivity index (χ1n) is 16.9. The Morgan fingerprint density at radius 3 is 2.54 bits per heavy atom. The molecule has 1 amide bonds. The summed E-state index contributed by atoms with van der Waals surface area (Å²) in [6.07, 6.45) is 3.68. The SMILES string of the molecule is C=CC(=O)N1CC2CN(CCCN(C)C)c3c(c4cc(F)c(-c5c(O)cccc5Cl)c(F)c4n(-c4c(C)ccnc4C(C)C)c3=O)N2CC1C. The van der Waals surface area contributed by atoms with Crippen LogP contribution in [0.4, 0.5) is 20.2 Å². The number of carbonyl (C=O) groups is 1. The minimum Gasteiger partial charge on any atom is -0.507 e. The lowest BCUT2D eigenvalue weighted by Crippen LogP contribution is -2.64. The molecular weight excluding hydrogens is 662 g/mol. The zero-order valence-electron chi connectivity index (χ0n) is 29.3. The second-order valence-corrected chi connectivity index (χ2v) is 14.3. The summed E-state index contributed by atoms with van der Waals surface area (Å²) in [7, 11) is 3.96. The number of piperazine rings is 1. The Morgan fingerprint density at radius 2 is 1.88 bits per heavy atom. The molecule has 2 aliphatic rings. The molecule has 1 saturated heterocycles. The molecular formula is C38H43ClF2N6O3. The molecule has 4 heterocycles. The molecule has 2 unspecified atom stereocenters. The van der Waals surface area contributed by atoms with Crippen LogP contribution in [0, 0.1) is 18.6 Å². The van der Waals surface area contributed by atoms with E-state index in [9.17, 15) is 9.90 Å². The third kappa shape index (κ3) is 5.90. The molecule has 0 bridgehead atoms. The maximum absolute atomic E-state index is 17.5. The molecule has 1 N–H and O–H groups in total. The zero-order valence-corrected chi connectivity index (χ0v) is 30.1. The van der Waals surface area contributed by atoms with Crippen molar-refractivity contribution in [2.45, 2.75) is 52.1 Å². The number of phenolic OH excluding ortho intramolecular Hbond substituents is 1. The van der Waals surface area contributed by atoms with Gasteiger partial charge in [-0.2, -0.15) is 0 Å². The lowest BCUT2D eigenvalue weighted by Gasteiger charge is -2.52. The number of amides is 1. The highest BCUT2D eigenvalue weighted by Gasteiger charge is 2.42. The van der Waals surface area contributed by atoms with E-state index in [1.165, 1.54) is 34.9 Å². The maximum Gasteiger partial charge on any atom is 0.281 e. The number of hydrogen-bond acceptors (Lipinski definition) is 7. The van der Waals surface area contributed by atoms with Crippen molar-refractivity contribution < 1.29 is 18.7 Å². The normalized spacial score (nSPS) is 17.5. The van der Waals surface area contributed by atoms with Crippen LogP contribution in [0.1, 0.15) is 44.4 Å². The molecule has 1 fully saturated rings. The Hall–Kier alpha value is -4.48. The van der Waals surface area contributed by atoms with E-state index in [1.807, 2.05) is 51.6 Å². The Bertz CT molecular complexity index is 2050. The van der Waals surface area contributed by atoms with Crippen molar-refractivity contribution in [1.29, 1.82) is 0 Å². The smallest absolute Gasteiger partial charge is 0.281 e. The molecule has 2 aromatic heterocycles. The third-order valence-electron chi connectivity index (χ3n) is 9.83. The number of pyridine rings is 2. The van der Waals surface area contributed by atoms with E-state index in [1.54, 1.807) is 17.2 Å². The number of aromatic hydroxyl groups is 1. The van der Waals surface area contributed by atoms with Gasteiger partial charge in [-0.1, -0.05) is 38.1 Å². The van der Waals surface area contributed by atoms with Crippen LogP contribution in [0.5, 0.6) is 5.75 Å². The molecule has 2 aromatic carbocycles. The number of aryl methyl sites for hydroxylation is 1. The second-order valence-electron chi connectivity index (χ2n) is 13.9. The van der Waals surface area contributed by atoms with Gasteiger partial charge in [-0.25, -0.2) is 8.78 Å². The molecule has 0 saturated carbocycles. The standard InChI is InChI=1S/C38H43ClF2N6O3/c1-8-29(49)45-20-24-19-44(16-10-15-43(6)7)37-36(46(24)18-23(45)5)25-17-27(40)31(30-26(39)11-9-12-28(30)48)32(41)35(25)47(38(37)50)34-22(4)13-14-42-33(34)21(2)3/h8-9,11-14,17,21,23-24,48H,1,10,15-16,18-20H2,2-7H3. The molecule has 0 spiro atoms. The van der Waals surface area contributed by atoms with Crippen molar-refractivity contribution in [2.24, 2.45) is 0 Å². The molecule has 0 aliphatic carbocycles. The van der Waals surface area contributed by atoms with Crippen molar-refractivity contribution in [1.82, 2.24) is 19.4 Å². The van der Waals surface area contributed by atoms with Crippen LogP contribution >= 0.6 is 11.6 Å². The van der Waals surface area contributed by atoms with Gasteiger partial charge >= 0.3 is 0 Å². The van der Waals surface area contributed by atoms with Crippen LogP contribution < -0.4 is 15.4 Å². The number of benzene rings is 2. The van der Waals surface area contributed by atoms with E-state index < -0.39 is 28.5 Å². The average molecular weight is 705 g/mol. The summed E-state index contributed by atoms with van der Waals surface area (Å²) in [5.74, 6) is -2.71. The summed E-state index contributed by atoms with van der Waals surface area (Å²) >= 11 is 6.47. The summed E-state index contributed by atoms with van der Waals surface area (Å²) in [5, 5.41) is 11.0. The van der Waals surface area contributed by atoms with E-state index in [4.69, 9.17) is 11.6 Å². The van der Waals surface area contributed by atoms with Crippen molar-refractivity contribution in [3.63, 3.8) is 0 Å². The number of carbonyl (C=O) groups excluding carboxylic acids is 1. The number of nitrogens with zero attached hydrogens (tertiary/aromatic N) is 6. The fourth-order valence-corrected chi connectivity index (χ4v) is 7.79. The van der Waals surface area contributed by atoms with Gasteiger partial charge in [0.05, 0.1) is 39.2 Å². The monoisotopic (exact) mass is 704 g/mol. The van der Waals surface area contributed by atoms with Crippen LogP contribution in [-0.4, -0.2) is 89.3 Å². The van der Waals surface area contributed by atoms with Gasteiger partial charge in [-0.15, -0.1) is 0 Å². The van der Waals surface area contributed by atoms with Gasteiger partial charge in [0.15, 0.2) is 5.82 Å². The van der Waals surface area contributed by atoms with E-state index in [0.29, 0.717) is 54.5 Å². The Balaban J connectivity index is 1.76. The fourth-order valence-electron chi connectivity index (χ4n) is 7.53. The molecule has 4 aromatic rings. The molecule has 50 heavy (non-hydrogen) atoms. The summed E-state index contributed by atoms with van der Waals surface area (Å²) in [6, 6.07) is 6.72. The Labute approximate surface area is 296 Å². The van der Waals surface area contributed by atoms with Gasteiger partial charge in [0.1, 0.15) is 17.3 Å². The lowest BCUT2D eigenvalue weighted by atomic mass is 9.95. The highest BCUT2D eigenvalue weighted by atomic mass is 35.5. The van der Waals surface area contributed by atoms with Crippen LogP contribution in [0.25, 0.3) is 27.7 Å². The highest BCUT2D eigenvalue weighted by Crippen LogP contribution is 2.47. The minimum absolute atomic E-state index is 0.0431. The fraction of sp³-hybridized carbons (Fsp3) is 0.395. The van der Waals surface area contributed by atoms with Crippen molar-refractivity contribution >= 4 is 39.8 Å². The predicted molar refractivity (Wildman–Crippen MR) is 196 cm³/mol. The summed E-state index contributed by atoms with van der Waals surface area (Å²) in [4.78, 5) is 40.7. The quantitative estimate of drug-likeness (QED) is 0.210. The molecule has 2 atom stereocenters. The van der Waals surface area contributed by atoms with Gasteiger partial charge in [0.2, 0.25) is 5.91 Å². The van der Waals surface area contributed by atoms with Crippen LogP contribution in [-0.2, 0) is 4.79 Å². The lowest BCUT2D eigenvalue weighted by molar-refractivity contribution is -0.128.